The summed E-state index contributed by atoms with van der Waals surface area (Å²) >= 11 is 1.36. The second-order valence-electron chi connectivity index (χ2n) is 8.65. The molecular formula is C26H27F3N4O5S. The lowest BCUT2D eigenvalue weighted by Gasteiger charge is -2.23. The monoisotopic (exact) mass is 564 g/mol. The highest BCUT2D eigenvalue weighted by Crippen LogP contribution is 2.29. The summed E-state index contributed by atoms with van der Waals surface area (Å²) in [4.78, 5) is 25.6. The molecule has 2 heterocycles. The first-order chi connectivity index (χ1) is 18.7. The van der Waals surface area contributed by atoms with Crippen molar-refractivity contribution in [2.75, 3.05) is 37.6 Å². The number of halogens is 3. The van der Waals surface area contributed by atoms with Gasteiger partial charge in [0.1, 0.15) is 28.6 Å². The summed E-state index contributed by atoms with van der Waals surface area (Å²) in [6, 6.07) is 12.7. The first-order valence-corrected chi connectivity index (χ1v) is 13.3. The molecule has 0 aliphatic carbocycles. The van der Waals surface area contributed by atoms with Gasteiger partial charge in [0.05, 0.1) is 30.9 Å². The maximum atomic E-state index is 13.1. The zero-order valence-corrected chi connectivity index (χ0v) is 22.0. The summed E-state index contributed by atoms with van der Waals surface area (Å²) < 4.78 is 54.4. The Labute approximate surface area is 227 Å². The van der Waals surface area contributed by atoms with Crippen LogP contribution in [0.2, 0.25) is 0 Å². The number of aromatic nitrogens is 2. The third-order valence-corrected chi connectivity index (χ3v) is 6.30. The minimum atomic E-state index is -4.44. The Hall–Kier alpha value is -3.87. The summed E-state index contributed by atoms with van der Waals surface area (Å²) in [5.41, 5.74) is 1.47. The normalized spacial score (nSPS) is 14.8. The lowest BCUT2D eigenvalue weighted by atomic mass is 9.99. The molecule has 0 fully saturated rings. The van der Waals surface area contributed by atoms with Crippen LogP contribution in [0, 0.1) is 0 Å². The lowest BCUT2D eigenvalue weighted by molar-refractivity contribution is -0.153. The fraction of sp³-hybridized carbons (Fsp3) is 0.346. The van der Waals surface area contributed by atoms with Crippen molar-refractivity contribution >= 4 is 29.4 Å². The average Bonchev–Trinajstić information content (AvgIpc) is 3.26. The quantitative estimate of drug-likeness (QED) is 0.359. The Morgan fingerprint density at radius 2 is 1.87 bits per heavy atom. The predicted octanol–water partition coefficient (Wildman–Crippen LogP) is 4.25. The molecule has 208 valence electrons. The van der Waals surface area contributed by atoms with Crippen molar-refractivity contribution in [2.45, 2.75) is 25.1 Å². The fourth-order valence-electron chi connectivity index (χ4n) is 4.02. The van der Waals surface area contributed by atoms with E-state index in [4.69, 9.17) is 14.2 Å². The highest BCUT2D eigenvalue weighted by molar-refractivity contribution is 7.99. The van der Waals surface area contributed by atoms with Crippen LogP contribution in [-0.4, -0.2) is 66.1 Å². The zero-order valence-electron chi connectivity index (χ0n) is 21.2. The molecule has 9 nitrogen and oxygen atoms in total. The van der Waals surface area contributed by atoms with Gasteiger partial charge in [0.25, 0.3) is 5.91 Å². The minimum absolute atomic E-state index is 0.0422. The maximum absolute atomic E-state index is 13.1. The molecule has 0 saturated heterocycles. The number of ether oxygens (including phenoxy) is 3. The number of hydrogen-bond donors (Lipinski definition) is 2. The standard InChI is InChI=1S/C26H27F3N4O5S/c1-36-18-8-6-17(7-9-18)33-24(31-22(34)14-39-2)23-21(32-33)12-16(30-25(23)35)10-11-37-19-4-3-5-20(13-19)38-15-26(27,28)29/h3-9,13,16H,10-12,14-15H2,1-2H3,(H,30,35)(H,31,34). The zero-order chi connectivity index (χ0) is 28.0. The molecule has 39 heavy (non-hydrogen) atoms. The molecule has 0 radical (unpaired) electrons. The van der Waals surface area contributed by atoms with Crippen LogP contribution in [-0.2, 0) is 11.2 Å². The van der Waals surface area contributed by atoms with Crippen LogP contribution in [0.3, 0.4) is 0 Å². The maximum Gasteiger partial charge on any atom is 0.422 e. The van der Waals surface area contributed by atoms with Crippen LogP contribution in [0.25, 0.3) is 5.69 Å². The number of methoxy groups -OCH3 is 1. The van der Waals surface area contributed by atoms with Gasteiger partial charge in [-0.05, 0) is 42.7 Å². The van der Waals surface area contributed by atoms with Gasteiger partial charge < -0.3 is 24.8 Å². The van der Waals surface area contributed by atoms with Crippen molar-refractivity contribution in [1.29, 1.82) is 0 Å². The summed E-state index contributed by atoms with van der Waals surface area (Å²) in [5, 5.41) is 10.4. The van der Waals surface area contributed by atoms with Gasteiger partial charge >= 0.3 is 6.18 Å². The highest BCUT2D eigenvalue weighted by Gasteiger charge is 2.33. The molecule has 1 aromatic heterocycles. The van der Waals surface area contributed by atoms with Crippen LogP contribution in [0.15, 0.2) is 48.5 Å². The smallest absolute Gasteiger partial charge is 0.422 e. The number of nitrogens with one attached hydrogen (secondary N) is 2. The molecule has 0 saturated carbocycles. The average molecular weight is 565 g/mol. The van der Waals surface area contributed by atoms with Crippen molar-refractivity contribution in [3.63, 3.8) is 0 Å². The van der Waals surface area contributed by atoms with Gasteiger partial charge in [0.2, 0.25) is 5.91 Å². The van der Waals surface area contributed by atoms with Crippen molar-refractivity contribution in [3.8, 4) is 22.9 Å². The number of rotatable bonds is 11. The Bertz CT molecular complexity index is 1310. The molecule has 2 N–H and O–H groups in total. The van der Waals surface area contributed by atoms with E-state index in [1.54, 1.807) is 43.7 Å². The topological polar surface area (TPSA) is 104 Å². The van der Waals surface area contributed by atoms with Gasteiger partial charge in [-0.15, -0.1) is 0 Å². The molecule has 2 amide bonds. The van der Waals surface area contributed by atoms with E-state index in [2.05, 4.69) is 15.7 Å². The molecular weight excluding hydrogens is 537 g/mol. The van der Waals surface area contributed by atoms with Gasteiger partial charge in [0.15, 0.2) is 6.61 Å². The van der Waals surface area contributed by atoms with E-state index in [0.29, 0.717) is 41.3 Å². The third kappa shape index (κ3) is 7.37. The fourth-order valence-corrected chi connectivity index (χ4v) is 4.36. The third-order valence-electron chi connectivity index (χ3n) is 5.75. The molecule has 4 rings (SSSR count). The van der Waals surface area contributed by atoms with Gasteiger partial charge in [-0.3, -0.25) is 9.59 Å². The number of carbonyl (C=O) groups is 2. The second-order valence-corrected chi connectivity index (χ2v) is 9.52. The van der Waals surface area contributed by atoms with E-state index in [1.165, 1.54) is 34.6 Å². The summed E-state index contributed by atoms with van der Waals surface area (Å²) in [5.74, 6) is 0.913. The van der Waals surface area contributed by atoms with E-state index in [-0.39, 0.29) is 41.8 Å². The molecule has 1 unspecified atom stereocenters. The van der Waals surface area contributed by atoms with Gasteiger partial charge in [0, 0.05) is 24.9 Å². The number of amides is 2. The molecule has 1 atom stereocenters. The SMILES string of the molecule is COc1ccc(-n2nc3c(c2NC(=O)CSC)C(=O)NC(CCOc2cccc(OCC(F)(F)F)c2)C3)cc1. The van der Waals surface area contributed by atoms with E-state index >= 15 is 0 Å². The number of alkyl halides is 3. The summed E-state index contributed by atoms with van der Waals surface area (Å²) in [6.07, 6.45) is -1.82. The minimum Gasteiger partial charge on any atom is -0.497 e. The lowest BCUT2D eigenvalue weighted by Crippen LogP contribution is -2.42. The van der Waals surface area contributed by atoms with Gasteiger partial charge in [-0.2, -0.15) is 30.0 Å². The number of hydrogen-bond acceptors (Lipinski definition) is 7. The largest absolute Gasteiger partial charge is 0.497 e. The van der Waals surface area contributed by atoms with Crippen LogP contribution >= 0.6 is 11.8 Å². The Morgan fingerprint density at radius 1 is 1.15 bits per heavy atom. The Morgan fingerprint density at radius 3 is 2.54 bits per heavy atom. The molecule has 2 aromatic carbocycles. The number of thioether (sulfide) groups is 1. The van der Waals surface area contributed by atoms with Crippen molar-refractivity contribution < 1.29 is 37.0 Å². The Balaban J connectivity index is 1.46. The van der Waals surface area contributed by atoms with E-state index < -0.39 is 12.8 Å². The molecule has 0 bridgehead atoms. The summed E-state index contributed by atoms with van der Waals surface area (Å²) in [7, 11) is 1.56. The second kappa shape index (κ2) is 12.3. The van der Waals surface area contributed by atoms with E-state index in [0.717, 1.165) is 0 Å². The first-order valence-electron chi connectivity index (χ1n) is 11.9. The highest BCUT2D eigenvalue weighted by atomic mass is 32.2. The number of carbonyl (C=O) groups excluding carboxylic acids is 2. The van der Waals surface area contributed by atoms with Crippen molar-refractivity contribution in [1.82, 2.24) is 15.1 Å². The number of anilines is 1. The Kier molecular flexibility index (Phi) is 8.90. The molecule has 13 heteroatoms. The molecule has 0 spiro atoms. The van der Waals surface area contributed by atoms with Crippen molar-refractivity contribution in [2.24, 2.45) is 0 Å². The summed E-state index contributed by atoms with van der Waals surface area (Å²) in [6.45, 7) is -1.20. The first kappa shape index (κ1) is 28.1. The molecule has 3 aromatic rings. The van der Waals surface area contributed by atoms with Crippen LogP contribution in [0.1, 0.15) is 22.5 Å². The van der Waals surface area contributed by atoms with E-state index in [1.807, 2.05) is 0 Å². The number of nitrogens with zero attached hydrogens (tertiary/aromatic N) is 2. The van der Waals surface area contributed by atoms with E-state index in [9.17, 15) is 22.8 Å². The predicted molar refractivity (Wildman–Crippen MR) is 140 cm³/mol. The molecule has 1 aliphatic rings. The van der Waals surface area contributed by atoms with Crippen LogP contribution in [0.4, 0.5) is 19.0 Å². The van der Waals surface area contributed by atoms with Crippen LogP contribution in [0.5, 0.6) is 17.2 Å². The molecule has 1 aliphatic heterocycles. The van der Waals surface area contributed by atoms with Crippen molar-refractivity contribution in [3.05, 3.63) is 59.8 Å². The van der Waals surface area contributed by atoms with Crippen LogP contribution < -0.4 is 24.8 Å². The number of benzene rings is 2. The number of fused-ring (bicyclic) bond motifs is 1. The van der Waals surface area contributed by atoms with Gasteiger partial charge in [-0.1, -0.05) is 6.07 Å². The van der Waals surface area contributed by atoms with Gasteiger partial charge in [-0.25, -0.2) is 4.68 Å².